The minimum absolute atomic E-state index is 0.0705. The molecule has 1 aliphatic rings. The van der Waals surface area contributed by atoms with Crippen LogP contribution in [0.3, 0.4) is 0 Å². The van der Waals surface area contributed by atoms with E-state index in [1.54, 1.807) is 36.3 Å². The molecule has 0 aliphatic carbocycles. The summed E-state index contributed by atoms with van der Waals surface area (Å²) in [5, 5.41) is 3.26. The van der Waals surface area contributed by atoms with Gasteiger partial charge in [0, 0.05) is 17.1 Å². The van der Waals surface area contributed by atoms with Gasteiger partial charge in [-0.3, -0.25) is 14.5 Å². The average molecular weight is 480 g/mol. The first kappa shape index (κ1) is 22.9. The van der Waals surface area contributed by atoms with Gasteiger partial charge >= 0.3 is 0 Å². The normalized spacial score (nSPS) is 17.2. The van der Waals surface area contributed by atoms with Crippen LogP contribution in [0.4, 0.5) is 11.4 Å². The molecule has 1 N–H and O–H groups in total. The lowest BCUT2D eigenvalue weighted by atomic mass is 10.2. The number of halogens is 1. The third-order valence-corrected chi connectivity index (χ3v) is 6.43. The lowest BCUT2D eigenvalue weighted by Gasteiger charge is -2.32. The van der Waals surface area contributed by atoms with Crippen LogP contribution in [0, 0.1) is 0 Å². The highest BCUT2D eigenvalue weighted by Gasteiger charge is 2.36. The summed E-state index contributed by atoms with van der Waals surface area (Å²) in [5.41, 5.74) is 2.23. The first-order chi connectivity index (χ1) is 16.0. The van der Waals surface area contributed by atoms with Crippen molar-refractivity contribution in [2.45, 2.75) is 18.2 Å². The van der Waals surface area contributed by atoms with Crippen molar-refractivity contribution in [3.8, 4) is 5.75 Å². The highest BCUT2D eigenvalue weighted by molar-refractivity contribution is 8.15. The maximum atomic E-state index is 13.1. The molecule has 3 aromatic carbocycles. The Morgan fingerprint density at radius 3 is 2.58 bits per heavy atom. The van der Waals surface area contributed by atoms with Crippen LogP contribution < -0.4 is 10.1 Å². The van der Waals surface area contributed by atoms with Gasteiger partial charge < -0.3 is 10.1 Å². The van der Waals surface area contributed by atoms with Gasteiger partial charge in [0.1, 0.15) is 11.0 Å². The Bertz CT molecular complexity index is 1170. The first-order valence-electron chi connectivity index (χ1n) is 10.3. The van der Waals surface area contributed by atoms with Crippen LogP contribution in [0.25, 0.3) is 0 Å². The SMILES string of the molecule is COc1ccc(CN2C(=O)C[C@@H](C(=O)Nc3cccc(Cl)c3)SC2=Nc2ccccc2)cc1. The topological polar surface area (TPSA) is 71.0 Å². The average Bonchev–Trinajstić information content (AvgIpc) is 2.82. The van der Waals surface area contributed by atoms with Gasteiger partial charge in [0.25, 0.3) is 0 Å². The maximum Gasteiger partial charge on any atom is 0.238 e. The number of amides is 2. The van der Waals surface area contributed by atoms with Crippen LogP contribution in [0.2, 0.25) is 5.02 Å². The molecule has 1 heterocycles. The number of benzene rings is 3. The molecule has 2 amide bonds. The molecule has 0 aromatic heterocycles. The van der Waals surface area contributed by atoms with E-state index in [-0.39, 0.29) is 18.2 Å². The van der Waals surface area contributed by atoms with Gasteiger partial charge in [-0.1, -0.05) is 59.8 Å². The number of anilines is 1. The predicted molar refractivity (Wildman–Crippen MR) is 133 cm³/mol. The molecule has 33 heavy (non-hydrogen) atoms. The Hall–Kier alpha value is -3.29. The Morgan fingerprint density at radius 1 is 1.12 bits per heavy atom. The monoisotopic (exact) mass is 479 g/mol. The van der Waals surface area contributed by atoms with Crippen molar-refractivity contribution in [1.29, 1.82) is 0 Å². The molecule has 3 aromatic rings. The molecule has 1 atom stereocenters. The van der Waals surface area contributed by atoms with E-state index in [1.165, 1.54) is 11.8 Å². The fraction of sp³-hybridized carbons (Fsp3) is 0.160. The molecule has 0 bridgehead atoms. The Balaban J connectivity index is 1.57. The smallest absolute Gasteiger partial charge is 0.238 e. The van der Waals surface area contributed by atoms with Crippen molar-refractivity contribution >= 4 is 51.7 Å². The van der Waals surface area contributed by atoms with Crippen molar-refractivity contribution in [1.82, 2.24) is 4.90 Å². The Labute approximate surface area is 201 Å². The van der Waals surface area contributed by atoms with Crippen molar-refractivity contribution in [3.05, 3.63) is 89.4 Å². The zero-order valence-corrected chi connectivity index (χ0v) is 19.5. The third-order valence-electron chi connectivity index (χ3n) is 5.00. The van der Waals surface area contributed by atoms with Crippen molar-refractivity contribution in [3.63, 3.8) is 0 Å². The minimum Gasteiger partial charge on any atom is -0.497 e. The number of nitrogens with zero attached hydrogens (tertiary/aromatic N) is 2. The predicted octanol–water partition coefficient (Wildman–Crippen LogP) is 5.51. The summed E-state index contributed by atoms with van der Waals surface area (Å²) in [7, 11) is 1.61. The summed E-state index contributed by atoms with van der Waals surface area (Å²) in [6.45, 7) is 0.351. The van der Waals surface area contributed by atoms with Crippen LogP contribution >= 0.6 is 23.4 Å². The lowest BCUT2D eigenvalue weighted by molar-refractivity contribution is -0.129. The van der Waals surface area contributed by atoms with Gasteiger partial charge in [-0.2, -0.15) is 0 Å². The molecule has 0 saturated carbocycles. The molecule has 4 rings (SSSR count). The van der Waals surface area contributed by atoms with E-state index in [0.29, 0.717) is 28.1 Å². The van der Waals surface area contributed by atoms with Gasteiger partial charge in [-0.25, -0.2) is 4.99 Å². The van der Waals surface area contributed by atoms with Gasteiger partial charge in [0.15, 0.2) is 5.17 Å². The summed E-state index contributed by atoms with van der Waals surface area (Å²) >= 11 is 7.30. The van der Waals surface area contributed by atoms with Gasteiger partial charge in [-0.05, 0) is 48.0 Å². The Kier molecular flexibility index (Phi) is 7.32. The molecule has 0 unspecified atom stereocenters. The summed E-state index contributed by atoms with van der Waals surface area (Å²) in [4.78, 5) is 32.4. The van der Waals surface area contributed by atoms with Crippen LogP contribution in [0.1, 0.15) is 12.0 Å². The fourth-order valence-electron chi connectivity index (χ4n) is 3.31. The van der Waals surface area contributed by atoms with Crippen LogP contribution in [-0.4, -0.2) is 34.2 Å². The van der Waals surface area contributed by atoms with Crippen LogP contribution in [0.5, 0.6) is 5.75 Å². The van der Waals surface area contributed by atoms with E-state index in [1.807, 2.05) is 54.6 Å². The van der Waals surface area contributed by atoms with Crippen LogP contribution in [0.15, 0.2) is 83.9 Å². The summed E-state index contributed by atoms with van der Waals surface area (Å²) in [6.07, 6.45) is 0.0705. The molecular formula is C25H22ClN3O3S. The molecular weight excluding hydrogens is 458 g/mol. The van der Waals surface area contributed by atoms with Gasteiger partial charge in [0.05, 0.1) is 19.3 Å². The number of methoxy groups -OCH3 is 1. The summed E-state index contributed by atoms with van der Waals surface area (Å²) in [6, 6.07) is 23.8. The minimum atomic E-state index is -0.605. The van der Waals surface area contributed by atoms with E-state index in [2.05, 4.69) is 5.32 Å². The lowest BCUT2D eigenvalue weighted by Crippen LogP contribution is -2.44. The second-order valence-electron chi connectivity index (χ2n) is 7.37. The maximum absolute atomic E-state index is 13.1. The van der Waals surface area contributed by atoms with E-state index in [4.69, 9.17) is 21.3 Å². The molecule has 6 nitrogen and oxygen atoms in total. The molecule has 1 saturated heterocycles. The number of hydrogen-bond donors (Lipinski definition) is 1. The number of amidine groups is 1. The van der Waals surface area contributed by atoms with Crippen molar-refractivity contribution in [2.75, 3.05) is 12.4 Å². The second kappa shape index (κ2) is 10.6. The van der Waals surface area contributed by atoms with Crippen molar-refractivity contribution < 1.29 is 14.3 Å². The second-order valence-corrected chi connectivity index (χ2v) is 8.97. The standard InChI is InChI=1S/C25H22ClN3O3S/c1-32-21-12-10-17(11-13-21)16-29-23(30)15-22(24(31)27-20-9-5-6-18(26)14-20)33-25(29)28-19-7-3-2-4-8-19/h2-14,22H,15-16H2,1H3,(H,27,31)/t22-/m0/s1. The number of para-hydroxylation sites is 1. The first-order valence-corrected chi connectivity index (χ1v) is 11.6. The molecule has 168 valence electrons. The van der Waals surface area contributed by atoms with E-state index >= 15 is 0 Å². The Morgan fingerprint density at radius 2 is 1.88 bits per heavy atom. The van der Waals surface area contributed by atoms with E-state index in [0.717, 1.165) is 11.3 Å². The molecule has 0 radical (unpaired) electrons. The molecule has 8 heteroatoms. The number of carbonyl (C=O) groups excluding carboxylic acids is 2. The highest BCUT2D eigenvalue weighted by atomic mass is 35.5. The molecule has 1 fully saturated rings. The number of rotatable bonds is 6. The summed E-state index contributed by atoms with van der Waals surface area (Å²) in [5.74, 6) is 0.319. The number of thioether (sulfide) groups is 1. The number of ether oxygens (including phenoxy) is 1. The molecule has 0 spiro atoms. The zero-order chi connectivity index (χ0) is 23.2. The number of nitrogens with one attached hydrogen (secondary N) is 1. The van der Waals surface area contributed by atoms with Gasteiger partial charge in [-0.15, -0.1) is 0 Å². The number of aliphatic imine (C=N–C) groups is 1. The van der Waals surface area contributed by atoms with Gasteiger partial charge in [0.2, 0.25) is 11.8 Å². The number of carbonyl (C=O) groups is 2. The number of hydrogen-bond acceptors (Lipinski definition) is 5. The zero-order valence-electron chi connectivity index (χ0n) is 17.9. The highest BCUT2D eigenvalue weighted by Crippen LogP contribution is 2.31. The van der Waals surface area contributed by atoms with E-state index < -0.39 is 5.25 Å². The summed E-state index contributed by atoms with van der Waals surface area (Å²) < 4.78 is 5.22. The van der Waals surface area contributed by atoms with Crippen LogP contribution in [-0.2, 0) is 16.1 Å². The third kappa shape index (κ3) is 5.94. The largest absolute Gasteiger partial charge is 0.497 e. The van der Waals surface area contributed by atoms with E-state index in [9.17, 15) is 9.59 Å². The quantitative estimate of drug-likeness (QED) is 0.506. The molecule has 1 aliphatic heterocycles. The van der Waals surface area contributed by atoms with Crippen molar-refractivity contribution in [2.24, 2.45) is 4.99 Å². The fourth-order valence-corrected chi connectivity index (χ4v) is 4.60.